The van der Waals surface area contributed by atoms with Crippen LogP contribution >= 0.6 is 11.6 Å². The number of carboxylic acids is 1. The van der Waals surface area contributed by atoms with Gasteiger partial charge in [-0.2, -0.15) is 0 Å². The summed E-state index contributed by atoms with van der Waals surface area (Å²) in [7, 11) is 0. The Balaban J connectivity index is 2.15. The molecule has 106 valence electrons. The van der Waals surface area contributed by atoms with E-state index in [4.69, 9.17) is 11.6 Å². The molecule has 4 nitrogen and oxygen atoms in total. The Hall–Kier alpha value is -2.40. The van der Waals surface area contributed by atoms with Crippen molar-refractivity contribution < 1.29 is 14.3 Å². The highest BCUT2D eigenvalue weighted by Crippen LogP contribution is 2.23. The fourth-order valence-corrected chi connectivity index (χ4v) is 2.46. The molecule has 0 amide bonds. The van der Waals surface area contributed by atoms with Gasteiger partial charge in [-0.1, -0.05) is 23.7 Å². The SMILES string of the molecule is O=C(O)c1cc2cc(Cl)ncc2n1Cc1cccc(F)c1. The Kier molecular flexibility index (Phi) is 3.35. The monoisotopic (exact) mass is 304 g/mol. The van der Waals surface area contributed by atoms with Crippen molar-refractivity contribution in [3.8, 4) is 0 Å². The first-order valence-corrected chi connectivity index (χ1v) is 6.55. The molecule has 0 saturated carbocycles. The number of halogens is 2. The van der Waals surface area contributed by atoms with Crippen LogP contribution in [0.5, 0.6) is 0 Å². The lowest BCUT2D eigenvalue weighted by Gasteiger charge is -2.08. The van der Waals surface area contributed by atoms with Crippen LogP contribution in [-0.2, 0) is 6.54 Å². The molecular formula is C15H10ClFN2O2. The van der Waals surface area contributed by atoms with E-state index in [-0.39, 0.29) is 18.1 Å². The van der Waals surface area contributed by atoms with Crippen LogP contribution in [0.3, 0.4) is 0 Å². The molecule has 0 aliphatic carbocycles. The van der Waals surface area contributed by atoms with Crippen LogP contribution in [0.25, 0.3) is 10.9 Å². The summed E-state index contributed by atoms with van der Waals surface area (Å²) in [6.07, 6.45) is 1.52. The van der Waals surface area contributed by atoms with Gasteiger partial charge in [0.1, 0.15) is 16.7 Å². The van der Waals surface area contributed by atoms with Gasteiger partial charge in [-0.3, -0.25) is 0 Å². The highest BCUT2D eigenvalue weighted by molar-refractivity contribution is 6.30. The van der Waals surface area contributed by atoms with Crippen molar-refractivity contribution in [2.24, 2.45) is 0 Å². The number of fused-ring (bicyclic) bond motifs is 1. The van der Waals surface area contributed by atoms with Crippen LogP contribution < -0.4 is 0 Å². The zero-order valence-corrected chi connectivity index (χ0v) is 11.5. The number of nitrogens with zero attached hydrogens (tertiary/aromatic N) is 2. The minimum absolute atomic E-state index is 0.110. The topological polar surface area (TPSA) is 55.1 Å². The molecule has 3 rings (SSSR count). The molecule has 3 aromatic rings. The van der Waals surface area contributed by atoms with Crippen LogP contribution in [0.15, 0.2) is 42.6 Å². The number of carbonyl (C=O) groups is 1. The van der Waals surface area contributed by atoms with Crippen LogP contribution in [0.4, 0.5) is 4.39 Å². The Labute approximate surface area is 124 Å². The molecule has 21 heavy (non-hydrogen) atoms. The van der Waals surface area contributed by atoms with E-state index in [1.165, 1.54) is 24.4 Å². The number of aromatic nitrogens is 2. The highest BCUT2D eigenvalue weighted by atomic mass is 35.5. The van der Waals surface area contributed by atoms with Gasteiger partial charge in [0.15, 0.2) is 0 Å². The van der Waals surface area contributed by atoms with Gasteiger partial charge in [-0.05, 0) is 29.8 Å². The molecule has 0 unspecified atom stereocenters. The summed E-state index contributed by atoms with van der Waals surface area (Å²) >= 11 is 5.82. The second-order valence-corrected chi connectivity index (χ2v) is 5.00. The lowest BCUT2D eigenvalue weighted by molar-refractivity contribution is 0.0686. The third kappa shape index (κ3) is 2.60. The third-order valence-electron chi connectivity index (χ3n) is 3.20. The van der Waals surface area contributed by atoms with Crippen molar-refractivity contribution in [2.45, 2.75) is 6.54 Å². The zero-order valence-electron chi connectivity index (χ0n) is 10.8. The normalized spacial score (nSPS) is 11.0. The Morgan fingerprint density at radius 2 is 2.14 bits per heavy atom. The molecule has 0 saturated heterocycles. The quantitative estimate of drug-likeness (QED) is 0.753. The van der Waals surface area contributed by atoms with Gasteiger partial charge in [0.2, 0.25) is 0 Å². The van der Waals surface area contributed by atoms with Gasteiger partial charge in [0.05, 0.1) is 11.7 Å². The van der Waals surface area contributed by atoms with Gasteiger partial charge in [0, 0.05) is 11.9 Å². The second kappa shape index (κ2) is 5.18. The molecule has 0 aliphatic rings. The number of benzene rings is 1. The predicted octanol–water partition coefficient (Wildman–Crippen LogP) is 3.58. The molecule has 6 heteroatoms. The average molecular weight is 305 g/mol. The minimum Gasteiger partial charge on any atom is -0.477 e. The van der Waals surface area contributed by atoms with Gasteiger partial charge in [-0.25, -0.2) is 14.2 Å². The fourth-order valence-electron chi connectivity index (χ4n) is 2.30. The highest BCUT2D eigenvalue weighted by Gasteiger charge is 2.15. The van der Waals surface area contributed by atoms with Crippen LogP contribution in [0, 0.1) is 5.82 Å². The maximum Gasteiger partial charge on any atom is 0.352 e. The van der Waals surface area contributed by atoms with Gasteiger partial charge < -0.3 is 9.67 Å². The van der Waals surface area contributed by atoms with Crippen molar-refractivity contribution >= 4 is 28.5 Å². The van der Waals surface area contributed by atoms with Crippen molar-refractivity contribution in [3.63, 3.8) is 0 Å². The first-order chi connectivity index (χ1) is 10.0. The maximum absolute atomic E-state index is 13.3. The molecule has 1 N–H and O–H groups in total. The smallest absolute Gasteiger partial charge is 0.352 e. The number of pyridine rings is 1. The summed E-state index contributed by atoms with van der Waals surface area (Å²) in [6, 6.07) is 9.18. The first kappa shape index (κ1) is 13.6. The minimum atomic E-state index is -1.06. The van der Waals surface area contributed by atoms with E-state index in [1.54, 1.807) is 22.8 Å². The van der Waals surface area contributed by atoms with Gasteiger partial charge >= 0.3 is 5.97 Å². The summed E-state index contributed by atoms with van der Waals surface area (Å²) in [4.78, 5) is 15.4. The Bertz CT molecular complexity index is 845. The van der Waals surface area contributed by atoms with Crippen LogP contribution in [-0.4, -0.2) is 20.6 Å². The predicted molar refractivity (Wildman–Crippen MR) is 77.2 cm³/mol. The van der Waals surface area contributed by atoms with Crippen molar-refractivity contribution in [1.82, 2.24) is 9.55 Å². The van der Waals surface area contributed by atoms with Crippen LogP contribution in [0.1, 0.15) is 16.1 Å². The number of aromatic carboxylic acids is 1. The Morgan fingerprint density at radius 1 is 1.33 bits per heavy atom. The van der Waals surface area contributed by atoms with E-state index in [0.717, 1.165) is 0 Å². The lowest BCUT2D eigenvalue weighted by atomic mass is 10.2. The average Bonchev–Trinajstić information content (AvgIpc) is 2.77. The number of rotatable bonds is 3. The second-order valence-electron chi connectivity index (χ2n) is 4.62. The molecule has 2 aromatic heterocycles. The molecule has 0 spiro atoms. The maximum atomic E-state index is 13.3. The summed E-state index contributed by atoms with van der Waals surface area (Å²) in [5.74, 6) is -1.42. The van der Waals surface area contributed by atoms with Crippen molar-refractivity contribution in [2.75, 3.05) is 0 Å². The molecule has 2 heterocycles. The van der Waals surface area contributed by atoms with Crippen molar-refractivity contribution in [3.05, 3.63) is 64.8 Å². The van der Waals surface area contributed by atoms with E-state index in [9.17, 15) is 14.3 Å². The number of hydrogen-bond acceptors (Lipinski definition) is 2. The van der Waals surface area contributed by atoms with Gasteiger partial charge in [-0.15, -0.1) is 0 Å². The fraction of sp³-hybridized carbons (Fsp3) is 0.0667. The summed E-state index contributed by atoms with van der Waals surface area (Å²) in [6.45, 7) is 0.242. The van der Waals surface area contributed by atoms with E-state index < -0.39 is 5.97 Å². The summed E-state index contributed by atoms with van der Waals surface area (Å²) in [5.41, 5.74) is 1.42. The largest absolute Gasteiger partial charge is 0.477 e. The lowest BCUT2D eigenvalue weighted by Crippen LogP contribution is -2.09. The molecule has 0 bridgehead atoms. The molecule has 0 atom stereocenters. The number of carboxylic acid groups (broad SMARTS) is 1. The van der Waals surface area contributed by atoms with Crippen LogP contribution in [0.2, 0.25) is 5.15 Å². The van der Waals surface area contributed by atoms with Crippen molar-refractivity contribution in [1.29, 1.82) is 0 Å². The standard InChI is InChI=1S/C15H10ClFN2O2/c16-14-6-10-5-12(15(20)21)19(13(10)7-18-14)8-9-2-1-3-11(17)4-9/h1-7H,8H2,(H,20,21). The molecule has 0 radical (unpaired) electrons. The number of hydrogen-bond donors (Lipinski definition) is 1. The molecular weight excluding hydrogens is 295 g/mol. The van der Waals surface area contributed by atoms with Gasteiger partial charge in [0.25, 0.3) is 0 Å². The molecule has 0 aliphatic heterocycles. The zero-order chi connectivity index (χ0) is 15.0. The van der Waals surface area contributed by atoms with E-state index in [1.807, 2.05) is 0 Å². The Morgan fingerprint density at radius 3 is 2.86 bits per heavy atom. The first-order valence-electron chi connectivity index (χ1n) is 6.17. The summed E-state index contributed by atoms with van der Waals surface area (Å²) in [5, 5.41) is 10.3. The van der Waals surface area contributed by atoms with E-state index >= 15 is 0 Å². The van der Waals surface area contributed by atoms with E-state index in [0.29, 0.717) is 21.6 Å². The third-order valence-corrected chi connectivity index (χ3v) is 3.41. The molecule has 1 aromatic carbocycles. The molecule has 0 fully saturated rings. The summed E-state index contributed by atoms with van der Waals surface area (Å²) < 4.78 is 14.8. The van der Waals surface area contributed by atoms with E-state index in [2.05, 4.69) is 4.98 Å².